The maximum absolute atomic E-state index is 5.27. The van der Waals surface area contributed by atoms with Gasteiger partial charge < -0.3 is 14.5 Å². The van der Waals surface area contributed by atoms with Gasteiger partial charge in [-0.2, -0.15) is 0 Å². The molecule has 0 saturated carbocycles. The Labute approximate surface area is 182 Å². The molecule has 7 nitrogen and oxygen atoms in total. The Kier molecular flexibility index (Phi) is 6.54. The number of nitrogens with zero attached hydrogens (tertiary/aromatic N) is 6. The summed E-state index contributed by atoms with van der Waals surface area (Å²) in [4.78, 5) is 7.19. The van der Waals surface area contributed by atoms with E-state index in [1.54, 1.807) is 18.4 Å². The fourth-order valence-electron chi connectivity index (χ4n) is 3.85. The highest BCUT2D eigenvalue weighted by molar-refractivity contribution is 7.17. The van der Waals surface area contributed by atoms with Crippen LogP contribution in [-0.4, -0.2) is 66.0 Å². The fraction of sp³-hybridized carbons (Fsp3) is 0.455. The predicted molar refractivity (Wildman–Crippen MR) is 123 cm³/mol. The van der Waals surface area contributed by atoms with Crippen LogP contribution in [-0.2, 0) is 6.54 Å². The minimum Gasteiger partial charge on any atom is -0.497 e. The van der Waals surface area contributed by atoms with E-state index >= 15 is 0 Å². The molecule has 0 N–H and O–H groups in total. The maximum atomic E-state index is 5.27. The zero-order valence-corrected chi connectivity index (χ0v) is 18.8. The molecule has 160 valence electrons. The van der Waals surface area contributed by atoms with Crippen LogP contribution in [0.15, 0.2) is 42.6 Å². The van der Waals surface area contributed by atoms with Crippen LogP contribution < -0.4 is 14.5 Å². The molecule has 8 heteroatoms. The zero-order valence-electron chi connectivity index (χ0n) is 18.0. The molecule has 4 rings (SSSR count). The van der Waals surface area contributed by atoms with Crippen LogP contribution in [0.3, 0.4) is 0 Å². The van der Waals surface area contributed by atoms with E-state index in [1.165, 1.54) is 11.4 Å². The highest BCUT2D eigenvalue weighted by Gasteiger charge is 2.19. The van der Waals surface area contributed by atoms with Gasteiger partial charge in [0.05, 0.1) is 7.11 Å². The minimum absolute atomic E-state index is 0.902. The molecule has 3 heterocycles. The summed E-state index contributed by atoms with van der Waals surface area (Å²) in [6.07, 6.45) is 2.09. The molecular weight excluding hydrogens is 396 g/mol. The van der Waals surface area contributed by atoms with Crippen molar-refractivity contribution in [3.8, 4) is 10.9 Å². The monoisotopic (exact) mass is 426 g/mol. The molecule has 0 bridgehead atoms. The summed E-state index contributed by atoms with van der Waals surface area (Å²) < 4.78 is 7.45. The van der Waals surface area contributed by atoms with E-state index in [0.717, 1.165) is 61.8 Å². The Balaban J connectivity index is 1.38. The van der Waals surface area contributed by atoms with Crippen molar-refractivity contribution in [1.29, 1.82) is 0 Å². The van der Waals surface area contributed by atoms with Crippen molar-refractivity contribution in [3.63, 3.8) is 0 Å². The molecular formula is C22H30N6OS. The van der Waals surface area contributed by atoms with Crippen molar-refractivity contribution in [2.45, 2.75) is 20.4 Å². The third-order valence-electron chi connectivity index (χ3n) is 5.67. The summed E-state index contributed by atoms with van der Waals surface area (Å²) in [5.41, 5.74) is 2.52. The molecule has 0 aliphatic carbocycles. The topological polar surface area (TPSA) is 49.7 Å². The summed E-state index contributed by atoms with van der Waals surface area (Å²) in [7, 11) is 1.70. The van der Waals surface area contributed by atoms with Crippen molar-refractivity contribution >= 4 is 22.2 Å². The molecule has 0 spiro atoms. The van der Waals surface area contributed by atoms with Crippen LogP contribution in [0, 0.1) is 0 Å². The van der Waals surface area contributed by atoms with E-state index in [2.05, 4.69) is 73.8 Å². The first-order valence-corrected chi connectivity index (χ1v) is 11.4. The molecule has 0 unspecified atom stereocenters. The lowest BCUT2D eigenvalue weighted by molar-refractivity contribution is 0.246. The average Bonchev–Trinajstić information content (AvgIpc) is 3.45. The largest absolute Gasteiger partial charge is 0.497 e. The number of piperazine rings is 1. The predicted octanol–water partition coefficient (Wildman–Crippen LogP) is 3.51. The molecule has 1 saturated heterocycles. The summed E-state index contributed by atoms with van der Waals surface area (Å²) in [6.45, 7) is 11.2. The van der Waals surface area contributed by atoms with Gasteiger partial charge in [0.15, 0.2) is 0 Å². The standard InChI is InChI=1S/C22H30N6OS/c1-4-26(5-2)21-23-24-22(30-21)28-12-6-7-19(28)17-25-13-15-27(16-14-25)18-8-10-20(29-3)11-9-18/h6-12H,4-5,13-17H2,1-3H3. The highest BCUT2D eigenvalue weighted by atomic mass is 32.1. The summed E-state index contributed by atoms with van der Waals surface area (Å²) in [6, 6.07) is 12.6. The zero-order chi connectivity index (χ0) is 20.9. The Bertz CT molecular complexity index is 925. The quantitative estimate of drug-likeness (QED) is 0.549. The van der Waals surface area contributed by atoms with Crippen molar-refractivity contribution in [1.82, 2.24) is 19.7 Å². The van der Waals surface area contributed by atoms with Crippen molar-refractivity contribution < 1.29 is 4.74 Å². The van der Waals surface area contributed by atoms with E-state index in [0.29, 0.717) is 0 Å². The van der Waals surface area contributed by atoms with Crippen LogP contribution in [0.5, 0.6) is 5.75 Å². The second-order valence-corrected chi connectivity index (χ2v) is 8.30. The molecule has 0 atom stereocenters. The normalized spacial score (nSPS) is 14.8. The molecule has 0 radical (unpaired) electrons. The van der Waals surface area contributed by atoms with Gasteiger partial charge in [0.25, 0.3) is 0 Å². The number of hydrogen-bond acceptors (Lipinski definition) is 7. The van der Waals surface area contributed by atoms with Crippen LogP contribution in [0.25, 0.3) is 5.13 Å². The summed E-state index contributed by atoms with van der Waals surface area (Å²) >= 11 is 1.65. The molecule has 3 aromatic rings. The van der Waals surface area contributed by atoms with Crippen LogP contribution in [0.2, 0.25) is 0 Å². The molecule has 0 amide bonds. The number of ether oxygens (including phenoxy) is 1. The van der Waals surface area contributed by atoms with Crippen LogP contribution in [0.4, 0.5) is 10.8 Å². The van der Waals surface area contributed by atoms with Crippen molar-refractivity contribution in [2.75, 3.05) is 56.2 Å². The first-order chi connectivity index (χ1) is 14.7. The van der Waals surface area contributed by atoms with Gasteiger partial charge in [0.1, 0.15) is 5.75 Å². The third-order valence-corrected chi connectivity index (χ3v) is 6.66. The molecule has 1 fully saturated rings. The van der Waals surface area contributed by atoms with E-state index in [-0.39, 0.29) is 0 Å². The van der Waals surface area contributed by atoms with Gasteiger partial charge in [-0.15, -0.1) is 10.2 Å². The maximum Gasteiger partial charge on any atom is 0.218 e. The van der Waals surface area contributed by atoms with E-state index < -0.39 is 0 Å². The lowest BCUT2D eigenvalue weighted by Crippen LogP contribution is -2.46. The molecule has 30 heavy (non-hydrogen) atoms. The molecule has 1 aromatic carbocycles. The molecule has 2 aromatic heterocycles. The minimum atomic E-state index is 0.902. The Morgan fingerprint density at radius 2 is 1.73 bits per heavy atom. The van der Waals surface area contributed by atoms with Crippen molar-refractivity contribution in [3.05, 3.63) is 48.3 Å². The number of aromatic nitrogens is 3. The lowest BCUT2D eigenvalue weighted by atomic mass is 10.2. The fourth-order valence-corrected chi connectivity index (χ4v) is 4.84. The Morgan fingerprint density at radius 3 is 2.40 bits per heavy atom. The summed E-state index contributed by atoms with van der Waals surface area (Å²) in [5, 5.41) is 10.8. The van der Waals surface area contributed by atoms with E-state index in [1.807, 2.05) is 12.1 Å². The number of hydrogen-bond donors (Lipinski definition) is 0. The Morgan fingerprint density at radius 1 is 1.00 bits per heavy atom. The van der Waals surface area contributed by atoms with Gasteiger partial charge in [0, 0.05) is 63.4 Å². The van der Waals surface area contributed by atoms with E-state index in [4.69, 9.17) is 4.74 Å². The SMILES string of the molecule is CCN(CC)c1nnc(-n2cccc2CN2CCN(c3ccc(OC)cc3)CC2)s1. The lowest BCUT2D eigenvalue weighted by Gasteiger charge is -2.36. The van der Waals surface area contributed by atoms with Gasteiger partial charge in [-0.05, 0) is 50.2 Å². The molecule has 1 aliphatic rings. The number of anilines is 2. The van der Waals surface area contributed by atoms with Crippen LogP contribution in [0.1, 0.15) is 19.5 Å². The number of methoxy groups -OCH3 is 1. The van der Waals surface area contributed by atoms with Gasteiger partial charge in [-0.1, -0.05) is 11.3 Å². The second-order valence-electron chi connectivity index (χ2n) is 7.37. The third kappa shape index (κ3) is 4.44. The smallest absolute Gasteiger partial charge is 0.218 e. The van der Waals surface area contributed by atoms with Gasteiger partial charge in [-0.25, -0.2) is 0 Å². The van der Waals surface area contributed by atoms with Gasteiger partial charge >= 0.3 is 0 Å². The average molecular weight is 427 g/mol. The van der Waals surface area contributed by atoms with Gasteiger partial charge in [0.2, 0.25) is 10.3 Å². The first kappa shape index (κ1) is 20.7. The van der Waals surface area contributed by atoms with Crippen molar-refractivity contribution in [2.24, 2.45) is 0 Å². The van der Waals surface area contributed by atoms with Crippen LogP contribution >= 0.6 is 11.3 Å². The second kappa shape index (κ2) is 9.49. The Hall–Kier alpha value is -2.58. The number of rotatable bonds is 8. The summed E-state index contributed by atoms with van der Waals surface area (Å²) in [5.74, 6) is 0.902. The van der Waals surface area contributed by atoms with Gasteiger partial charge in [-0.3, -0.25) is 9.47 Å². The number of benzene rings is 1. The first-order valence-electron chi connectivity index (χ1n) is 10.6. The van der Waals surface area contributed by atoms with E-state index in [9.17, 15) is 0 Å². The molecule has 1 aliphatic heterocycles. The highest BCUT2D eigenvalue weighted by Crippen LogP contribution is 2.25.